The van der Waals surface area contributed by atoms with Crippen molar-refractivity contribution in [3.8, 4) is 0 Å². The van der Waals surface area contributed by atoms with E-state index in [0.717, 1.165) is 31.4 Å². The average molecular weight is 441 g/mol. The summed E-state index contributed by atoms with van der Waals surface area (Å²) in [4.78, 5) is 12.5. The van der Waals surface area contributed by atoms with Crippen LogP contribution in [0.15, 0.2) is 36.4 Å². The number of ether oxygens (including phenoxy) is 1. The zero-order chi connectivity index (χ0) is 22.8. The Balaban J connectivity index is 1.68. The molecule has 1 saturated heterocycles. The van der Waals surface area contributed by atoms with Crippen molar-refractivity contribution >= 4 is 11.5 Å². The van der Waals surface area contributed by atoms with Crippen molar-refractivity contribution in [2.45, 2.75) is 63.4 Å². The van der Waals surface area contributed by atoms with Crippen LogP contribution in [0.1, 0.15) is 60.1 Å². The number of hydrogen-bond donors (Lipinski definition) is 5. The zero-order valence-electron chi connectivity index (χ0n) is 18.5. The number of rotatable bonds is 6. The number of aliphatic hydroxyl groups is 2. The average Bonchev–Trinajstić information content (AvgIpc) is 2.80. The van der Waals surface area contributed by atoms with Crippen LogP contribution in [-0.2, 0) is 22.4 Å². The Bertz CT molecular complexity index is 977. The number of aliphatic hydroxyl groups excluding tert-OH is 2. The molecular weight excluding hydrogens is 408 g/mol. The first-order valence-electron chi connectivity index (χ1n) is 11.3. The molecule has 2 heterocycles. The Labute approximate surface area is 188 Å². The van der Waals surface area contributed by atoms with Crippen LogP contribution in [0.5, 0.6) is 0 Å². The summed E-state index contributed by atoms with van der Waals surface area (Å²) >= 11 is 0. The molecular formula is C25H32N2O5. The Morgan fingerprint density at radius 1 is 1.22 bits per heavy atom. The van der Waals surface area contributed by atoms with Crippen LogP contribution < -0.4 is 10.8 Å². The number of hydroxylamine groups is 1. The molecule has 0 aliphatic carbocycles. The van der Waals surface area contributed by atoms with E-state index in [1.54, 1.807) is 0 Å². The van der Waals surface area contributed by atoms with Crippen LogP contribution in [0.4, 0.5) is 5.69 Å². The molecule has 0 aromatic heterocycles. The lowest BCUT2D eigenvalue weighted by Crippen LogP contribution is -2.56. The minimum absolute atomic E-state index is 0.308. The van der Waals surface area contributed by atoms with Crippen LogP contribution in [0.3, 0.4) is 0 Å². The van der Waals surface area contributed by atoms with Gasteiger partial charge in [-0.15, -0.1) is 0 Å². The van der Waals surface area contributed by atoms with Gasteiger partial charge in [0, 0.05) is 12.2 Å². The maximum Gasteiger partial charge on any atom is 0.186 e. The number of hydrogen-bond acceptors (Lipinski definition) is 7. The Kier molecular flexibility index (Phi) is 6.93. The summed E-state index contributed by atoms with van der Waals surface area (Å²) in [6, 6.07) is 11.4. The van der Waals surface area contributed by atoms with E-state index in [-0.39, 0.29) is 0 Å². The highest BCUT2D eigenvalue weighted by molar-refractivity contribution is 5.90. The van der Waals surface area contributed by atoms with Crippen LogP contribution in [0.2, 0.25) is 0 Å². The van der Waals surface area contributed by atoms with E-state index in [0.29, 0.717) is 11.5 Å². The highest BCUT2D eigenvalue weighted by Gasteiger charge is 2.44. The van der Waals surface area contributed by atoms with Gasteiger partial charge in [-0.05, 0) is 59.1 Å². The summed E-state index contributed by atoms with van der Waals surface area (Å²) in [7, 11) is 0. The fourth-order valence-electron chi connectivity index (χ4n) is 4.76. The zero-order valence-corrected chi connectivity index (χ0v) is 18.5. The molecule has 4 atom stereocenters. The summed E-state index contributed by atoms with van der Waals surface area (Å²) in [5.74, 6) is -0.291. The third-order valence-corrected chi connectivity index (χ3v) is 6.52. The lowest BCUT2D eigenvalue weighted by molar-refractivity contribution is -0.178. The first kappa shape index (κ1) is 22.9. The van der Waals surface area contributed by atoms with Gasteiger partial charge in [-0.2, -0.15) is 5.48 Å². The quantitative estimate of drug-likeness (QED) is 0.439. The number of aryl methyl sites for hydroxylation is 1. The molecule has 0 saturated carbocycles. The van der Waals surface area contributed by atoms with E-state index in [1.165, 1.54) is 22.4 Å². The molecule has 4 rings (SSSR count). The predicted octanol–water partition coefficient (Wildman–Crippen LogP) is 2.47. The summed E-state index contributed by atoms with van der Waals surface area (Å²) in [6.45, 7) is 4.79. The molecule has 2 aromatic rings. The van der Waals surface area contributed by atoms with E-state index in [1.807, 2.05) is 23.7 Å². The van der Waals surface area contributed by atoms with Crippen molar-refractivity contribution in [3.63, 3.8) is 0 Å². The standard InChI is InChI=1S/C25H32N2O5/c1-14(2)19-8-7-17(25-22(27-31)24(30)23(29)21(13-28)32-25)12-18(19)10-15-5-6-16-4-3-9-26-20(16)11-15/h5-8,11-12,14,21-23,25-29,31H,3-4,9-10,13H2,1-2H3. The van der Waals surface area contributed by atoms with Crippen molar-refractivity contribution in [2.75, 3.05) is 18.5 Å². The first-order chi connectivity index (χ1) is 15.4. The lowest BCUT2D eigenvalue weighted by atomic mass is 9.86. The smallest absolute Gasteiger partial charge is 0.186 e. The second kappa shape index (κ2) is 9.68. The van der Waals surface area contributed by atoms with Gasteiger partial charge in [0.2, 0.25) is 0 Å². The minimum Gasteiger partial charge on any atom is -0.394 e. The molecule has 4 unspecified atom stereocenters. The number of carbonyl (C=O) groups is 1. The number of anilines is 1. The molecule has 2 aliphatic rings. The van der Waals surface area contributed by atoms with E-state index in [2.05, 4.69) is 37.4 Å². The monoisotopic (exact) mass is 440 g/mol. The SMILES string of the molecule is CC(C)c1ccc(C2OC(CO)C(O)C(=O)C2NO)cc1Cc1ccc2c(c1)NCCC2. The number of carbonyl (C=O) groups excluding carboxylic acids is 1. The van der Waals surface area contributed by atoms with Crippen LogP contribution >= 0.6 is 0 Å². The van der Waals surface area contributed by atoms with Crippen molar-refractivity contribution in [2.24, 2.45) is 0 Å². The van der Waals surface area contributed by atoms with E-state index in [9.17, 15) is 20.2 Å². The van der Waals surface area contributed by atoms with Gasteiger partial charge in [-0.3, -0.25) is 4.79 Å². The molecule has 7 nitrogen and oxygen atoms in total. The van der Waals surface area contributed by atoms with Crippen molar-refractivity contribution in [1.29, 1.82) is 0 Å². The van der Waals surface area contributed by atoms with Gasteiger partial charge >= 0.3 is 0 Å². The number of fused-ring (bicyclic) bond motifs is 1. The second-order valence-electron chi connectivity index (χ2n) is 9.04. The molecule has 172 valence electrons. The van der Waals surface area contributed by atoms with Crippen molar-refractivity contribution in [3.05, 3.63) is 64.2 Å². The Morgan fingerprint density at radius 2 is 2.03 bits per heavy atom. The van der Waals surface area contributed by atoms with E-state index < -0.39 is 36.7 Å². The van der Waals surface area contributed by atoms with Gasteiger partial charge < -0.3 is 25.5 Å². The van der Waals surface area contributed by atoms with Crippen molar-refractivity contribution in [1.82, 2.24) is 5.48 Å². The normalized spacial score (nSPS) is 25.5. The predicted molar refractivity (Wildman–Crippen MR) is 121 cm³/mol. The Hall–Kier alpha value is -2.29. The van der Waals surface area contributed by atoms with Gasteiger partial charge in [0.25, 0.3) is 0 Å². The van der Waals surface area contributed by atoms with E-state index in [4.69, 9.17) is 4.74 Å². The third kappa shape index (κ3) is 4.44. The molecule has 0 amide bonds. The summed E-state index contributed by atoms with van der Waals surface area (Å²) in [5.41, 5.74) is 8.76. The summed E-state index contributed by atoms with van der Waals surface area (Å²) in [5, 5.41) is 32.7. The number of benzene rings is 2. The molecule has 5 N–H and O–H groups in total. The molecule has 0 spiro atoms. The van der Waals surface area contributed by atoms with Gasteiger partial charge in [0.15, 0.2) is 5.78 Å². The first-order valence-corrected chi connectivity index (χ1v) is 11.3. The number of ketones is 1. The molecule has 7 heteroatoms. The highest BCUT2D eigenvalue weighted by Crippen LogP contribution is 2.34. The van der Waals surface area contributed by atoms with Crippen molar-refractivity contribution < 1.29 is 25.0 Å². The van der Waals surface area contributed by atoms with Gasteiger partial charge in [0.1, 0.15) is 24.4 Å². The third-order valence-electron chi connectivity index (χ3n) is 6.52. The fraction of sp³-hybridized carbons (Fsp3) is 0.480. The molecule has 1 fully saturated rings. The molecule has 2 aromatic carbocycles. The van der Waals surface area contributed by atoms with Gasteiger partial charge in [-0.1, -0.05) is 44.2 Å². The molecule has 2 aliphatic heterocycles. The number of Topliss-reactive ketones (excluding diaryl/α,β-unsaturated/α-hetero) is 1. The van der Waals surface area contributed by atoms with Gasteiger partial charge in [0.05, 0.1) is 6.61 Å². The Morgan fingerprint density at radius 3 is 2.75 bits per heavy atom. The minimum atomic E-state index is -1.49. The maximum absolute atomic E-state index is 12.5. The lowest BCUT2D eigenvalue weighted by Gasteiger charge is -2.37. The second-order valence-corrected chi connectivity index (χ2v) is 9.04. The highest BCUT2D eigenvalue weighted by atomic mass is 16.5. The van der Waals surface area contributed by atoms with Crippen LogP contribution in [0, 0.1) is 0 Å². The van der Waals surface area contributed by atoms with E-state index >= 15 is 0 Å². The van der Waals surface area contributed by atoms with Gasteiger partial charge in [-0.25, -0.2) is 0 Å². The largest absolute Gasteiger partial charge is 0.394 e. The number of nitrogens with one attached hydrogen (secondary N) is 2. The van der Waals surface area contributed by atoms with Crippen LogP contribution in [0.25, 0.3) is 0 Å². The van der Waals surface area contributed by atoms with Crippen LogP contribution in [-0.4, -0.2) is 52.6 Å². The molecule has 0 bridgehead atoms. The summed E-state index contributed by atoms with van der Waals surface area (Å²) < 4.78 is 5.83. The fourth-order valence-corrected chi connectivity index (χ4v) is 4.76. The molecule has 32 heavy (non-hydrogen) atoms. The summed E-state index contributed by atoms with van der Waals surface area (Å²) in [6.07, 6.45) is -0.375. The molecule has 0 radical (unpaired) electrons. The topological polar surface area (TPSA) is 111 Å². The maximum atomic E-state index is 12.5.